The summed E-state index contributed by atoms with van der Waals surface area (Å²) in [5.74, 6) is 0.0648. The van der Waals surface area contributed by atoms with Gasteiger partial charge in [-0.05, 0) is 39.0 Å². The number of aliphatic hydroxyl groups is 1. The van der Waals surface area contributed by atoms with Gasteiger partial charge >= 0.3 is 0 Å². The number of likely N-dealkylation sites (tertiary alicyclic amines) is 1. The lowest BCUT2D eigenvalue weighted by Crippen LogP contribution is -2.45. The van der Waals surface area contributed by atoms with Gasteiger partial charge in [-0.2, -0.15) is 0 Å². The molecule has 0 bridgehead atoms. The Morgan fingerprint density at radius 3 is 2.75 bits per heavy atom. The summed E-state index contributed by atoms with van der Waals surface area (Å²) in [5.41, 5.74) is 0. The molecule has 1 fully saturated rings. The predicted octanol–water partition coefficient (Wildman–Crippen LogP) is 0.468. The minimum absolute atomic E-state index is 0.0648. The second-order valence-electron chi connectivity index (χ2n) is 5.58. The number of carbonyl (C=O) groups excluding carboxylic acids is 1. The highest BCUT2D eigenvalue weighted by Gasteiger charge is 2.26. The molecule has 118 valence electrons. The van der Waals surface area contributed by atoms with E-state index in [1.54, 1.807) is 6.92 Å². The Balaban J connectivity index is 2.47. The standard InChI is InChI=1S/C13H26N2O4S/c1-11(16)6-7-13(17)15-10-4-3-5-12(15)8-9-14-20(2,18)19/h11-12,14,16H,3-10H2,1-2H3. The van der Waals surface area contributed by atoms with Gasteiger partial charge in [0.1, 0.15) is 0 Å². The Morgan fingerprint density at radius 1 is 1.45 bits per heavy atom. The zero-order valence-electron chi connectivity index (χ0n) is 12.3. The number of rotatable bonds is 7. The first-order valence-electron chi connectivity index (χ1n) is 7.22. The molecule has 0 aromatic rings. The van der Waals surface area contributed by atoms with Crippen molar-refractivity contribution in [2.45, 2.75) is 57.6 Å². The van der Waals surface area contributed by atoms with E-state index in [-0.39, 0.29) is 11.9 Å². The van der Waals surface area contributed by atoms with Crippen molar-refractivity contribution in [1.29, 1.82) is 0 Å². The summed E-state index contributed by atoms with van der Waals surface area (Å²) in [6.45, 7) is 2.78. The van der Waals surface area contributed by atoms with Crippen molar-refractivity contribution in [2.75, 3.05) is 19.3 Å². The zero-order chi connectivity index (χ0) is 15.2. The fraction of sp³-hybridized carbons (Fsp3) is 0.923. The van der Waals surface area contributed by atoms with E-state index in [1.807, 2.05) is 4.90 Å². The van der Waals surface area contributed by atoms with Crippen molar-refractivity contribution < 1.29 is 18.3 Å². The number of piperidine rings is 1. The van der Waals surface area contributed by atoms with Gasteiger partial charge in [-0.15, -0.1) is 0 Å². The molecule has 2 N–H and O–H groups in total. The van der Waals surface area contributed by atoms with Gasteiger partial charge in [0.05, 0.1) is 12.4 Å². The smallest absolute Gasteiger partial charge is 0.222 e. The summed E-state index contributed by atoms with van der Waals surface area (Å²) in [6.07, 6.45) is 5.14. The Bertz CT molecular complexity index is 409. The molecule has 0 aliphatic carbocycles. The maximum atomic E-state index is 12.1. The summed E-state index contributed by atoms with van der Waals surface area (Å²) in [5, 5.41) is 9.25. The summed E-state index contributed by atoms with van der Waals surface area (Å²) in [6, 6.07) is 0.111. The molecular weight excluding hydrogens is 280 g/mol. The van der Waals surface area contributed by atoms with Crippen molar-refractivity contribution in [3.05, 3.63) is 0 Å². The maximum Gasteiger partial charge on any atom is 0.222 e. The van der Waals surface area contributed by atoms with Gasteiger partial charge in [0.2, 0.25) is 15.9 Å². The van der Waals surface area contributed by atoms with Crippen LogP contribution < -0.4 is 4.72 Å². The van der Waals surface area contributed by atoms with E-state index in [9.17, 15) is 18.3 Å². The third-order valence-electron chi connectivity index (χ3n) is 3.57. The number of hydrogen-bond acceptors (Lipinski definition) is 4. The molecule has 1 aliphatic rings. The van der Waals surface area contributed by atoms with Crippen molar-refractivity contribution in [1.82, 2.24) is 9.62 Å². The number of amides is 1. The first-order valence-corrected chi connectivity index (χ1v) is 9.11. The maximum absolute atomic E-state index is 12.1. The van der Waals surface area contributed by atoms with Gasteiger partial charge in [-0.1, -0.05) is 0 Å². The monoisotopic (exact) mass is 306 g/mol. The summed E-state index contributed by atoms with van der Waals surface area (Å²) >= 11 is 0. The van der Waals surface area contributed by atoms with Crippen LogP contribution in [0.25, 0.3) is 0 Å². The molecule has 1 amide bonds. The molecular formula is C13H26N2O4S. The van der Waals surface area contributed by atoms with Crippen LogP contribution in [0, 0.1) is 0 Å². The highest BCUT2D eigenvalue weighted by atomic mass is 32.2. The minimum Gasteiger partial charge on any atom is -0.393 e. The van der Waals surface area contributed by atoms with Crippen molar-refractivity contribution in [3.8, 4) is 0 Å². The first kappa shape index (κ1) is 17.4. The van der Waals surface area contributed by atoms with E-state index in [0.717, 1.165) is 32.1 Å². The van der Waals surface area contributed by atoms with Crippen LogP contribution in [0.3, 0.4) is 0 Å². The van der Waals surface area contributed by atoms with Crippen molar-refractivity contribution in [2.24, 2.45) is 0 Å². The molecule has 0 aromatic carbocycles. The molecule has 20 heavy (non-hydrogen) atoms. The molecule has 1 saturated heterocycles. The Kier molecular flexibility index (Phi) is 6.91. The molecule has 2 atom stereocenters. The lowest BCUT2D eigenvalue weighted by molar-refractivity contribution is -0.135. The summed E-state index contributed by atoms with van der Waals surface area (Å²) < 4.78 is 24.6. The van der Waals surface area contributed by atoms with E-state index in [2.05, 4.69) is 4.72 Å². The number of aliphatic hydroxyl groups excluding tert-OH is 1. The van der Waals surface area contributed by atoms with Gasteiger partial charge in [0, 0.05) is 25.6 Å². The Hall–Kier alpha value is -0.660. The van der Waals surface area contributed by atoms with E-state index < -0.39 is 16.1 Å². The number of sulfonamides is 1. The van der Waals surface area contributed by atoms with Gasteiger partial charge in [0.25, 0.3) is 0 Å². The van der Waals surface area contributed by atoms with Crippen molar-refractivity contribution >= 4 is 15.9 Å². The van der Waals surface area contributed by atoms with Crippen LogP contribution in [0.2, 0.25) is 0 Å². The summed E-state index contributed by atoms with van der Waals surface area (Å²) in [4.78, 5) is 14.0. The highest BCUT2D eigenvalue weighted by Crippen LogP contribution is 2.21. The second kappa shape index (κ2) is 7.95. The minimum atomic E-state index is -3.17. The average Bonchev–Trinajstić information content (AvgIpc) is 2.35. The van der Waals surface area contributed by atoms with Crippen molar-refractivity contribution in [3.63, 3.8) is 0 Å². The summed E-state index contributed by atoms with van der Waals surface area (Å²) in [7, 11) is -3.17. The third kappa shape index (κ3) is 6.67. The van der Waals surface area contributed by atoms with Gasteiger partial charge < -0.3 is 10.0 Å². The van der Waals surface area contributed by atoms with Gasteiger partial charge in [0.15, 0.2) is 0 Å². The molecule has 0 saturated carbocycles. The van der Waals surface area contributed by atoms with E-state index in [1.165, 1.54) is 0 Å². The molecule has 1 rings (SSSR count). The highest BCUT2D eigenvalue weighted by molar-refractivity contribution is 7.88. The fourth-order valence-corrected chi connectivity index (χ4v) is 3.00. The number of hydrogen-bond donors (Lipinski definition) is 2. The Labute approximate surface area is 121 Å². The fourth-order valence-electron chi connectivity index (χ4n) is 2.52. The number of nitrogens with one attached hydrogen (secondary N) is 1. The van der Waals surface area contributed by atoms with Gasteiger partial charge in [-0.25, -0.2) is 13.1 Å². The second-order valence-corrected chi connectivity index (χ2v) is 7.41. The van der Waals surface area contributed by atoms with Crippen LogP contribution in [0.4, 0.5) is 0 Å². The van der Waals surface area contributed by atoms with E-state index in [4.69, 9.17) is 0 Å². The van der Waals surface area contributed by atoms with Crippen LogP contribution in [0.5, 0.6) is 0 Å². The van der Waals surface area contributed by atoms with Crippen LogP contribution in [-0.4, -0.2) is 55.8 Å². The molecule has 1 heterocycles. The topological polar surface area (TPSA) is 86.7 Å². The van der Waals surface area contributed by atoms with Crippen LogP contribution in [0.1, 0.15) is 45.4 Å². The lowest BCUT2D eigenvalue weighted by Gasteiger charge is -2.36. The number of carbonyl (C=O) groups is 1. The van der Waals surface area contributed by atoms with E-state index in [0.29, 0.717) is 25.8 Å². The molecule has 0 aromatic heterocycles. The third-order valence-corrected chi connectivity index (χ3v) is 4.29. The Morgan fingerprint density at radius 2 is 2.15 bits per heavy atom. The van der Waals surface area contributed by atoms with Crippen LogP contribution in [0.15, 0.2) is 0 Å². The predicted molar refractivity (Wildman–Crippen MR) is 77.7 cm³/mol. The SMILES string of the molecule is CC(O)CCC(=O)N1CCCCC1CCNS(C)(=O)=O. The zero-order valence-corrected chi connectivity index (χ0v) is 13.2. The molecule has 6 nitrogen and oxygen atoms in total. The van der Waals surface area contributed by atoms with Crippen LogP contribution in [-0.2, 0) is 14.8 Å². The number of nitrogens with zero attached hydrogens (tertiary/aromatic N) is 1. The normalized spacial score (nSPS) is 21.8. The molecule has 0 radical (unpaired) electrons. The molecule has 2 unspecified atom stereocenters. The van der Waals surface area contributed by atoms with Gasteiger partial charge in [-0.3, -0.25) is 4.79 Å². The average molecular weight is 306 g/mol. The lowest BCUT2D eigenvalue weighted by atomic mass is 9.98. The van der Waals surface area contributed by atoms with E-state index >= 15 is 0 Å². The molecule has 7 heteroatoms. The quantitative estimate of drug-likeness (QED) is 0.716. The first-order chi connectivity index (χ1) is 9.29. The van der Waals surface area contributed by atoms with Crippen LogP contribution >= 0.6 is 0 Å². The largest absolute Gasteiger partial charge is 0.393 e. The molecule has 1 aliphatic heterocycles. The molecule has 0 spiro atoms.